The summed E-state index contributed by atoms with van der Waals surface area (Å²) in [5.74, 6) is -0.170. The van der Waals surface area contributed by atoms with Crippen LogP contribution in [0.15, 0.2) is 36.9 Å². The highest BCUT2D eigenvalue weighted by atomic mass is 19.1. The summed E-state index contributed by atoms with van der Waals surface area (Å²) in [6, 6.07) is 3.34. The molecule has 0 aliphatic rings. The van der Waals surface area contributed by atoms with Gasteiger partial charge in [0.05, 0.1) is 11.9 Å². The van der Waals surface area contributed by atoms with Gasteiger partial charge in [-0.15, -0.1) is 0 Å². The maximum absolute atomic E-state index is 13.6. The summed E-state index contributed by atoms with van der Waals surface area (Å²) in [5, 5.41) is 12.4. The topological polar surface area (TPSA) is 88.0 Å². The number of anilines is 1. The first-order valence-electron chi connectivity index (χ1n) is 6.41. The summed E-state index contributed by atoms with van der Waals surface area (Å²) >= 11 is 0. The quantitative estimate of drug-likeness (QED) is 0.758. The van der Waals surface area contributed by atoms with E-state index < -0.39 is 11.9 Å². The number of rotatable bonds is 2. The number of amides is 1. The van der Waals surface area contributed by atoms with Crippen molar-refractivity contribution in [2.75, 3.05) is 5.32 Å². The Morgan fingerprint density at radius 2 is 1.86 bits per heavy atom. The number of hydrogen-bond donors (Lipinski definition) is 2. The number of aromatic nitrogens is 3. The van der Waals surface area contributed by atoms with Crippen molar-refractivity contribution in [2.24, 2.45) is 0 Å². The number of carboxylic acid groups (broad SMARTS) is 1. The Bertz CT molecular complexity index is 883. The highest BCUT2D eigenvalue weighted by Crippen LogP contribution is 2.25. The van der Waals surface area contributed by atoms with Crippen molar-refractivity contribution in [1.29, 1.82) is 0 Å². The number of halogens is 1. The molecule has 2 N–H and O–H groups in total. The van der Waals surface area contributed by atoms with Crippen molar-refractivity contribution in [3.63, 3.8) is 0 Å². The summed E-state index contributed by atoms with van der Waals surface area (Å²) in [6.07, 6.45) is 4.65. The van der Waals surface area contributed by atoms with E-state index in [0.717, 1.165) is 17.0 Å². The summed E-state index contributed by atoms with van der Waals surface area (Å²) in [7, 11) is 0. The molecule has 3 heterocycles. The van der Waals surface area contributed by atoms with Gasteiger partial charge in [0.15, 0.2) is 0 Å². The predicted octanol–water partition coefficient (Wildman–Crippen LogP) is 3.23. The minimum Gasteiger partial charge on any atom is -0.465 e. The Balaban J connectivity index is 2.07. The Kier molecular flexibility index (Phi) is 3.38. The molecular formula is C15H11FN4O2. The molecule has 7 heteroatoms. The second kappa shape index (κ2) is 5.36. The van der Waals surface area contributed by atoms with Gasteiger partial charge in [-0.3, -0.25) is 15.3 Å². The molecule has 0 radical (unpaired) electrons. The van der Waals surface area contributed by atoms with Crippen LogP contribution < -0.4 is 5.32 Å². The van der Waals surface area contributed by atoms with Gasteiger partial charge in [-0.05, 0) is 24.6 Å². The van der Waals surface area contributed by atoms with Crippen LogP contribution in [0.2, 0.25) is 0 Å². The molecule has 110 valence electrons. The number of fused-ring (bicyclic) bond motifs is 1. The number of hydrogen-bond acceptors (Lipinski definition) is 4. The fourth-order valence-electron chi connectivity index (χ4n) is 2.12. The molecule has 0 saturated carbocycles. The Hall–Kier alpha value is -3.09. The molecule has 0 bridgehead atoms. The van der Waals surface area contributed by atoms with Gasteiger partial charge in [0.2, 0.25) is 0 Å². The van der Waals surface area contributed by atoms with Gasteiger partial charge in [-0.2, -0.15) is 0 Å². The first-order chi connectivity index (χ1) is 10.5. The van der Waals surface area contributed by atoms with E-state index in [0.29, 0.717) is 16.8 Å². The van der Waals surface area contributed by atoms with Gasteiger partial charge in [-0.25, -0.2) is 14.2 Å². The van der Waals surface area contributed by atoms with Crippen molar-refractivity contribution in [1.82, 2.24) is 15.0 Å². The first kappa shape index (κ1) is 13.9. The molecule has 0 saturated heterocycles. The average Bonchev–Trinajstić information content (AvgIpc) is 2.49. The van der Waals surface area contributed by atoms with Crippen LogP contribution in [0.1, 0.15) is 5.56 Å². The smallest absolute Gasteiger partial charge is 0.410 e. The summed E-state index contributed by atoms with van der Waals surface area (Å²) in [4.78, 5) is 22.7. The van der Waals surface area contributed by atoms with Crippen molar-refractivity contribution >= 4 is 22.7 Å². The first-order valence-corrected chi connectivity index (χ1v) is 6.41. The minimum atomic E-state index is -1.18. The van der Waals surface area contributed by atoms with Crippen molar-refractivity contribution in [3.05, 3.63) is 48.3 Å². The largest absolute Gasteiger partial charge is 0.465 e. The van der Waals surface area contributed by atoms with Crippen LogP contribution in [0.25, 0.3) is 22.0 Å². The monoisotopic (exact) mass is 298 g/mol. The van der Waals surface area contributed by atoms with E-state index in [1.807, 2.05) is 0 Å². The zero-order valence-corrected chi connectivity index (χ0v) is 11.5. The maximum atomic E-state index is 13.6. The van der Waals surface area contributed by atoms with Gasteiger partial charge in [0.1, 0.15) is 11.6 Å². The fraction of sp³-hybridized carbons (Fsp3) is 0.0667. The Morgan fingerprint density at radius 1 is 1.14 bits per heavy atom. The zero-order valence-electron chi connectivity index (χ0n) is 11.5. The van der Waals surface area contributed by atoms with Crippen LogP contribution in [0, 0.1) is 12.7 Å². The van der Waals surface area contributed by atoms with Gasteiger partial charge in [-0.1, -0.05) is 0 Å². The van der Waals surface area contributed by atoms with Crippen molar-refractivity contribution < 1.29 is 14.3 Å². The van der Waals surface area contributed by atoms with Crippen LogP contribution in [0.4, 0.5) is 15.0 Å². The summed E-state index contributed by atoms with van der Waals surface area (Å²) < 4.78 is 13.6. The van der Waals surface area contributed by atoms with Crippen LogP contribution in [0.5, 0.6) is 0 Å². The van der Waals surface area contributed by atoms with Crippen molar-refractivity contribution in [3.8, 4) is 11.3 Å². The summed E-state index contributed by atoms with van der Waals surface area (Å²) in [6.45, 7) is 1.66. The SMILES string of the molecule is Cc1c(F)cncc1-c1cc2cnc(NC(=O)O)cc2cn1. The van der Waals surface area contributed by atoms with Gasteiger partial charge in [0.25, 0.3) is 0 Å². The van der Waals surface area contributed by atoms with E-state index in [2.05, 4.69) is 20.3 Å². The maximum Gasteiger partial charge on any atom is 0.410 e. The van der Waals surface area contributed by atoms with Gasteiger partial charge < -0.3 is 5.11 Å². The molecule has 3 aromatic rings. The second-order valence-electron chi connectivity index (χ2n) is 4.71. The average molecular weight is 298 g/mol. The number of nitrogens with one attached hydrogen (secondary N) is 1. The van der Waals surface area contributed by atoms with Crippen LogP contribution in [-0.4, -0.2) is 26.2 Å². The Labute approximate surface area is 124 Å². The predicted molar refractivity (Wildman–Crippen MR) is 79.1 cm³/mol. The fourth-order valence-corrected chi connectivity index (χ4v) is 2.12. The van der Waals surface area contributed by atoms with E-state index in [1.54, 1.807) is 31.5 Å². The van der Waals surface area contributed by atoms with E-state index in [4.69, 9.17) is 5.11 Å². The molecule has 0 aliphatic heterocycles. The lowest BCUT2D eigenvalue weighted by molar-refractivity contribution is 0.209. The van der Waals surface area contributed by atoms with Gasteiger partial charge >= 0.3 is 6.09 Å². The number of pyridine rings is 3. The Morgan fingerprint density at radius 3 is 2.64 bits per heavy atom. The third-order valence-electron chi connectivity index (χ3n) is 3.27. The molecule has 3 rings (SSSR count). The summed E-state index contributed by atoms with van der Waals surface area (Å²) in [5.41, 5.74) is 1.66. The highest BCUT2D eigenvalue weighted by Gasteiger charge is 2.09. The minimum absolute atomic E-state index is 0.221. The number of nitrogens with zero attached hydrogens (tertiary/aromatic N) is 3. The van der Waals surface area contributed by atoms with Crippen LogP contribution >= 0.6 is 0 Å². The molecule has 6 nitrogen and oxygen atoms in total. The molecule has 0 fully saturated rings. The van der Waals surface area contributed by atoms with Crippen LogP contribution in [0.3, 0.4) is 0 Å². The molecule has 1 amide bonds. The van der Waals surface area contributed by atoms with E-state index in [1.165, 1.54) is 6.20 Å². The molecule has 3 aromatic heterocycles. The van der Waals surface area contributed by atoms with E-state index in [9.17, 15) is 9.18 Å². The standard InChI is InChI=1S/C15H11FN4O2/c1-8-11(6-17-7-12(8)16)13-2-9-5-19-14(20-15(21)22)3-10(9)4-18-13/h2-7H,1H3,(H,19,20)(H,21,22). The highest BCUT2D eigenvalue weighted by molar-refractivity contribution is 5.89. The molecule has 0 atom stereocenters. The second-order valence-corrected chi connectivity index (χ2v) is 4.71. The van der Waals surface area contributed by atoms with E-state index >= 15 is 0 Å². The molecule has 0 aliphatic carbocycles. The normalized spacial score (nSPS) is 10.6. The lowest BCUT2D eigenvalue weighted by Crippen LogP contribution is -2.08. The third-order valence-corrected chi connectivity index (χ3v) is 3.27. The number of carbonyl (C=O) groups is 1. The van der Waals surface area contributed by atoms with Crippen molar-refractivity contribution in [2.45, 2.75) is 6.92 Å². The van der Waals surface area contributed by atoms with E-state index in [-0.39, 0.29) is 5.82 Å². The molecular weight excluding hydrogens is 287 g/mol. The molecule has 0 spiro atoms. The molecule has 22 heavy (non-hydrogen) atoms. The van der Waals surface area contributed by atoms with Gasteiger partial charge in [0, 0.05) is 34.9 Å². The zero-order chi connectivity index (χ0) is 15.7. The van der Waals surface area contributed by atoms with Crippen LogP contribution in [-0.2, 0) is 0 Å². The molecule has 0 unspecified atom stereocenters. The third kappa shape index (κ3) is 2.56. The lowest BCUT2D eigenvalue weighted by atomic mass is 10.1. The lowest BCUT2D eigenvalue weighted by Gasteiger charge is -2.07. The molecule has 0 aromatic carbocycles.